The fourth-order valence-corrected chi connectivity index (χ4v) is 6.46. The third kappa shape index (κ3) is 4.44. The molecule has 0 amide bonds. The maximum Gasteiger partial charge on any atom is 0.288 e. The number of hydrogen-bond acceptors (Lipinski definition) is 3. The summed E-state index contributed by atoms with van der Waals surface area (Å²) < 4.78 is 30.3. The van der Waals surface area contributed by atoms with E-state index in [4.69, 9.17) is 0 Å². The first-order valence-corrected chi connectivity index (χ1v) is 12.0. The molecular formula is C23H20N2O2S2. The maximum absolute atomic E-state index is 13.0. The summed E-state index contributed by atoms with van der Waals surface area (Å²) in [5.41, 5.74) is 2.06. The zero-order valence-corrected chi connectivity index (χ0v) is 17.5. The molecule has 1 atom stereocenters. The molecule has 4 aromatic rings. The molecule has 1 unspecified atom stereocenters. The highest BCUT2D eigenvalue weighted by atomic mass is 32.3. The van der Waals surface area contributed by atoms with Crippen molar-refractivity contribution >= 4 is 31.5 Å². The molecule has 6 heteroatoms. The summed E-state index contributed by atoms with van der Waals surface area (Å²) in [6.07, 6.45) is 1.67. The second-order valence-corrected chi connectivity index (χ2v) is 10.1. The summed E-state index contributed by atoms with van der Waals surface area (Å²) >= 11 is 0. The van der Waals surface area contributed by atoms with Gasteiger partial charge in [-0.25, -0.2) is 4.98 Å². The molecule has 146 valence electrons. The van der Waals surface area contributed by atoms with E-state index in [-0.39, 0.29) is 4.90 Å². The van der Waals surface area contributed by atoms with Crippen molar-refractivity contribution in [2.24, 2.45) is 3.77 Å². The normalized spacial score (nSPS) is 12.9. The van der Waals surface area contributed by atoms with Gasteiger partial charge in [-0.15, -0.1) is 3.77 Å². The van der Waals surface area contributed by atoms with Crippen molar-refractivity contribution in [3.63, 3.8) is 0 Å². The Bertz CT molecular complexity index is 1280. The van der Waals surface area contributed by atoms with Gasteiger partial charge in [0.15, 0.2) is 0 Å². The van der Waals surface area contributed by atoms with E-state index in [1.807, 2.05) is 49.4 Å². The molecule has 3 aromatic carbocycles. The Morgan fingerprint density at radius 2 is 1.59 bits per heavy atom. The summed E-state index contributed by atoms with van der Waals surface area (Å²) in [6.45, 7) is 1.92. The van der Waals surface area contributed by atoms with Crippen LogP contribution in [-0.4, -0.2) is 13.4 Å². The standard InChI is InChI=1S/C23H20N2O2S2/c1-18-12-14-21(15-13-18)29(26,27)25-28(23-11-4-5-16-24-23)17-20-9-6-8-19-7-2-3-10-22(19)20/h2-16H,17H2,1H3. The number of fused-ring (bicyclic) bond motifs is 1. The van der Waals surface area contributed by atoms with Crippen LogP contribution < -0.4 is 0 Å². The fourth-order valence-electron chi connectivity index (χ4n) is 3.06. The molecule has 0 radical (unpaired) electrons. The molecular weight excluding hydrogens is 400 g/mol. The van der Waals surface area contributed by atoms with E-state index in [1.165, 1.54) is 0 Å². The molecule has 0 bridgehead atoms. The van der Waals surface area contributed by atoms with Crippen LogP contribution in [-0.2, 0) is 26.5 Å². The Balaban J connectivity index is 1.82. The lowest BCUT2D eigenvalue weighted by Crippen LogP contribution is -2.05. The minimum Gasteiger partial charge on any atom is -0.249 e. The highest BCUT2D eigenvalue weighted by Gasteiger charge is 2.16. The lowest BCUT2D eigenvalue weighted by molar-refractivity contribution is 0.598. The van der Waals surface area contributed by atoms with Crippen molar-refractivity contribution in [1.29, 1.82) is 0 Å². The van der Waals surface area contributed by atoms with E-state index in [2.05, 4.69) is 27.0 Å². The number of benzene rings is 3. The van der Waals surface area contributed by atoms with Gasteiger partial charge in [-0.3, -0.25) is 0 Å². The first-order valence-electron chi connectivity index (χ1n) is 9.16. The van der Waals surface area contributed by atoms with Gasteiger partial charge >= 0.3 is 0 Å². The molecule has 0 aliphatic rings. The molecule has 0 spiro atoms. The molecule has 0 N–H and O–H groups in total. The monoisotopic (exact) mass is 420 g/mol. The Morgan fingerprint density at radius 1 is 0.862 bits per heavy atom. The van der Waals surface area contributed by atoms with Crippen LogP contribution in [0.15, 0.2) is 105 Å². The molecule has 0 aliphatic carbocycles. The lowest BCUT2D eigenvalue weighted by atomic mass is 10.1. The van der Waals surface area contributed by atoms with Crippen molar-refractivity contribution < 1.29 is 8.42 Å². The first kappa shape index (κ1) is 19.5. The molecule has 4 rings (SSSR count). The Morgan fingerprint density at radius 3 is 2.34 bits per heavy atom. The molecule has 0 saturated carbocycles. The highest BCUT2D eigenvalue weighted by molar-refractivity contribution is 7.99. The van der Waals surface area contributed by atoms with Crippen molar-refractivity contribution in [2.45, 2.75) is 22.6 Å². The van der Waals surface area contributed by atoms with Crippen molar-refractivity contribution in [3.8, 4) is 0 Å². The van der Waals surface area contributed by atoms with Crippen LogP contribution in [0.1, 0.15) is 11.1 Å². The van der Waals surface area contributed by atoms with E-state index >= 15 is 0 Å². The molecule has 29 heavy (non-hydrogen) atoms. The Kier molecular flexibility index (Phi) is 5.56. The van der Waals surface area contributed by atoms with Crippen LogP contribution in [0.3, 0.4) is 0 Å². The summed E-state index contributed by atoms with van der Waals surface area (Å²) in [6, 6.07) is 26.5. The van der Waals surface area contributed by atoms with Crippen LogP contribution in [0.25, 0.3) is 10.8 Å². The summed E-state index contributed by atoms with van der Waals surface area (Å²) in [5, 5.41) is 2.89. The number of sulfonamides is 1. The highest BCUT2D eigenvalue weighted by Crippen LogP contribution is 2.24. The third-order valence-corrected chi connectivity index (χ3v) is 8.24. The van der Waals surface area contributed by atoms with E-state index < -0.39 is 20.7 Å². The van der Waals surface area contributed by atoms with Gasteiger partial charge in [0.05, 0.1) is 4.90 Å². The molecule has 1 heterocycles. The minimum atomic E-state index is -3.80. The largest absolute Gasteiger partial charge is 0.288 e. The zero-order chi connectivity index (χ0) is 20.3. The van der Waals surface area contributed by atoms with Gasteiger partial charge < -0.3 is 0 Å². The van der Waals surface area contributed by atoms with E-state index in [0.29, 0.717) is 10.8 Å². The fraction of sp³-hybridized carbons (Fsp3) is 0.0870. The summed E-state index contributed by atoms with van der Waals surface area (Å²) in [7, 11) is -4.74. The lowest BCUT2D eigenvalue weighted by Gasteiger charge is -2.11. The summed E-state index contributed by atoms with van der Waals surface area (Å²) in [5.74, 6) is 0.476. The van der Waals surface area contributed by atoms with Gasteiger partial charge in [-0.1, -0.05) is 66.2 Å². The molecule has 0 aliphatic heterocycles. The average molecular weight is 421 g/mol. The third-order valence-electron chi connectivity index (χ3n) is 4.56. The average Bonchev–Trinajstić information content (AvgIpc) is 2.74. The molecule has 4 nitrogen and oxygen atoms in total. The first-order chi connectivity index (χ1) is 14.0. The van der Waals surface area contributed by atoms with Crippen LogP contribution in [0.4, 0.5) is 0 Å². The second kappa shape index (κ2) is 8.27. The van der Waals surface area contributed by atoms with E-state index in [0.717, 1.165) is 21.9 Å². The SMILES string of the molecule is Cc1ccc(S(=O)(=O)/N=S(/Cc2cccc3ccccc23)c2ccccn2)cc1. The van der Waals surface area contributed by atoms with Crippen molar-refractivity contribution in [3.05, 3.63) is 102 Å². The van der Waals surface area contributed by atoms with Gasteiger partial charge in [-0.2, -0.15) is 8.42 Å². The summed E-state index contributed by atoms with van der Waals surface area (Å²) in [4.78, 5) is 4.60. The number of aromatic nitrogens is 1. The maximum atomic E-state index is 13.0. The smallest absolute Gasteiger partial charge is 0.249 e. The van der Waals surface area contributed by atoms with Crippen LogP contribution in [0.2, 0.25) is 0 Å². The molecule has 0 fully saturated rings. The second-order valence-electron chi connectivity index (χ2n) is 6.68. The van der Waals surface area contributed by atoms with Crippen LogP contribution in [0.5, 0.6) is 0 Å². The minimum absolute atomic E-state index is 0.203. The number of pyridine rings is 1. The van der Waals surface area contributed by atoms with Crippen LogP contribution in [0, 0.1) is 6.92 Å². The van der Waals surface area contributed by atoms with Gasteiger partial charge in [0.1, 0.15) is 5.03 Å². The topological polar surface area (TPSA) is 59.4 Å². The number of hydrogen-bond donors (Lipinski definition) is 0. The van der Waals surface area contributed by atoms with Crippen molar-refractivity contribution in [1.82, 2.24) is 4.98 Å². The van der Waals surface area contributed by atoms with Gasteiger partial charge in [0, 0.05) is 11.9 Å². The molecule has 1 aromatic heterocycles. The number of nitrogens with zero attached hydrogens (tertiary/aromatic N) is 2. The van der Waals surface area contributed by atoms with Crippen molar-refractivity contribution in [2.75, 3.05) is 0 Å². The number of rotatable bonds is 5. The van der Waals surface area contributed by atoms with Gasteiger partial charge in [0.2, 0.25) is 0 Å². The predicted octanol–water partition coefficient (Wildman–Crippen LogP) is 5.29. The quantitative estimate of drug-likeness (QED) is 0.441. The van der Waals surface area contributed by atoms with Crippen LogP contribution >= 0.6 is 0 Å². The Labute approximate surface area is 173 Å². The number of aryl methyl sites for hydroxylation is 1. The predicted molar refractivity (Wildman–Crippen MR) is 118 cm³/mol. The van der Waals surface area contributed by atoms with Gasteiger partial charge in [0.25, 0.3) is 10.0 Å². The van der Waals surface area contributed by atoms with Gasteiger partial charge in [-0.05, 0) is 58.2 Å². The van der Waals surface area contributed by atoms with E-state index in [9.17, 15) is 8.42 Å². The molecule has 0 saturated heterocycles. The zero-order valence-electron chi connectivity index (χ0n) is 15.9. The Hall–Kier alpha value is -2.83. The van der Waals surface area contributed by atoms with E-state index in [1.54, 1.807) is 30.5 Å².